The van der Waals surface area contributed by atoms with Gasteiger partial charge in [0.25, 0.3) is 0 Å². The lowest BCUT2D eigenvalue weighted by atomic mass is 9.80. The first-order valence-electron chi connectivity index (χ1n) is 7.32. The van der Waals surface area contributed by atoms with Gasteiger partial charge in [-0.2, -0.15) is 0 Å². The Morgan fingerprint density at radius 1 is 0.800 bits per heavy atom. The van der Waals surface area contributed by atoms with Crippen LogP contribution in [0.3, 0.4) is 0 Å². The van der Waals surface area contributed by atoms with Crippen LogP contribution in [0.1, 0.15) is 52.7 Å². The molecule has 0 aliphatic carbocycles. The van der Waals surface area contributed by atoms with Crippen molar-refractivity contribution in [1.29, 1.82) is 0 Å². The Morgan fingerprint density at radius 2 is 1.50 bits per heavy atom. The van der Waals surface area contributed by atoms with Crippen molar-refractivity contribution in [3.8, 4) is 11.1 Å². The zero-order valence-corrected chi connectivity index (χ0v) is 13.5. The Morgan fingerprint density at radius 3 is 2.10 bits per heavy atom. The lowest BCUT2D eigenvalue weighted by Gasteiger charge is -2.24. The Bertz CT molecular complexity index is 592. The van der Waals surface area contributed by atoms with E-state index < -0.39 is 0 Å². The molecule has 20 heavy (non-hydrogen) atoms. The summed E-state index contributed by atoms with van der Waals surface area (Å²) >= 11 is 0. The van der Waals surface area contributed by atoms with E-state index in [1.165, 1.54) is 22.3 Å². The molecule has 0 bridgehead atoms. The summed E-state index contributed by atoms with van der Waals surface area (Å²) in [6, 6.07) is 18.6. The van der Waals surface area contributed by atoms with Gasteiger partial charge in [0, 0.05) is 0 Å². The average molecular weight is 265 g/mol. The van der Waals surface area contributed by atoms with Crippen LogP contribution in [0.25, 0.3) is 11.1 Å². The minimum absolute atomic E-state index is 0.105. The smallest absolute Gasteiger partial charge is 0.0120 e. The fourth-order valence-corrected chi connectivity index (χ4v) is 2.45. The second kappa shape index (κ2) is 5.09. The number of benzene rings is 2. The highest BCUT2D eigenvalue weighted by Gasteiger charge is 2.20. The molecular weight excluding hydrogens is 240 g/mol. The van der Waals surface area contributed by atoms with E-state index in [9.17, 15) is 0 Å². The van der Waals surface area contributed by atoms with Crippen LogP contribution in [-0.2, 0) is 10.8 Å². The van der Waals surface area contributed by atoms with E-state index in [0.29, 0.717) is 0 Å². The van der Waals surface area contributed by atoms with Gasteiger partial charge in [0.15, 0.2) is 0 Å². The molecule has 105 valence electrons. The first kappa shape index (κ1) is 14.8. The highest BCUT2D eigenvalue weighted by molar-refractivity contribution is 5.69. The summed E-state index contributed by atoms with van der Waals surface area (Å²) in [7, 11) is 0. The molecule has 0 aromatic heterocycles. The quantitative estimate of drug-likeness (QED) is 0.616. The van der Waals surface area contributed by atoms with Gasteiger partial charge in [0.05, 0.1) is 0 Å². The van der Waals surface area contributed by atoms with E-state index in [4.69, 9.17) is 0 Å². The maximum absolute atomic E-state index is 3.43. The molecule has 0 heterocycles. The third kappa shape index (κ3) is 3.12. The Labute approximate surface area is 123 Å². The molecule has 0 N–H and O–H groups in total. The van der Waals surface area contributed by atoms with E-state index in [-0.39, 0.29) is 10.8 Å². The molecular formula is C20H25. The van der Waals surface area contributed by atoms with Crippen molar-refractivity contribution in [1.82, 2.24) is 0 Å². The summed E-state index contributed by atoms with van der Waals surface area (Å²) in [6.07, 6.45) is 0. The van der Waals surface area contributed by atoms with Gasteiger partial charge in [-0.25, -0.2) is 0 Å². The van der Waals surface area contributed by atoms with Crippen LogP contribution in [0.4, 0.5) is 0 Å². The van der Waals surface area contributed by atoms with Crippen LogP contribution in [0.5, 0.6) is 0 Å². The largest absolute Gasteiger partial charge is 0.0614 e. The number of hydrogen-bond donors (Lipinski definition) is 0. The maximum Gasteiger partial charge on any atom is -0.0120 e. The molecule has 2 aromatic rings. The second-order valence-corrected chi connectivity index (χ2v) is 7.54. The molecule has 0 saturated heterocycles. The van der Waals surface area contributed by atoms with Gasteiger partial charge in [0.1, 0.15) is 0 Å². The van der Waals surface area contributed by atoms with Crippen LogP contribution in [0, 0.1) is 6.07 Å². The van der Waals surface area contributed by atoms with E-state index in [0.717, 1.165) is 0 Å². The fraction of sp³-hybridized carbons (Fsp3) is 0.400. The summed E-state index contributed by atoms with van der Waals surface area (Å²) in [5.74, 6) is 0. The molecule has 0 aliphatic rings. The molecule has 0 atom stereocenters. The van der Waals surface area contributed by atoms with Crippen molar-refractivity contribution < 1.29 is 0 Å². The van der Waals surface area contributed by atoms with E-state index in [1.54, 1.807) is 0 Å². The van der Waals surface area contributed by atoms with Crippen LogP contribution in [0.15, 0.2) is 42.5 Å². The van der Waals surface area contributed by atoms with Gasteiger partial charge >= 0.3 is 0 Å². The molecule has 0 saturated carbocycles. The van der Waals surface area contributed by atoms with Crippen LogP contribution < -0.4 is 0 Å². The molecule has 0 spiro atoms. The van der Waals surface area contributed by atoms with Crippen LogP contribution >= 0.6 is 0 Å². The van der Waals surface area contributed by atoms with Gasteiger partial charge in [-0.3, -0.25) is 0 Å². The molecule has 1 radical (unpaired) electrons. The summed E-state index contributed by atoms with van der Waals surface area (Å²) in [5, 5.41) is 0. The predicted molar refractivity (Wildman–Crippen MR) is 88.1 cm³/mol. The maximum atomic E-state index is 3.43. The van der Waals surface area contributed by atoms with Gasteiger partial charge in [-0.05, 0) is 39.2 Å². The average Bonchev–Trinajstić information content (AvgIpc) is 2.37. The minimum atomic E-state index is 0.105. The summed E-state index contributed by atoms with van der Waals surface area (Å²) in [5.41, 5.74) is 5.53. The van der Waals surface area contributed by atoms with Crippen LogP contribution in [0.2, 0.25) is 0 Å². The summed E-state index contributed by atoms with van der Waals surface area (Å²) in [4.78, 5) is 0. The molecule has 0 nitrogen and oxygen atoms in total. The summed E-state index contributed by atoms with van der Waals surface area (Å²) in [6.45, 7) is 13.5. The van der Waals surface area contributed by atoms with E-state index in [1.807, 2.05) is 6.07 Å². The van der Waals surface area contributed by atoms with Crippen LogP contribution in [-0.4, -0.2) is 0 Å². The molecule has 0 amide bonds. The monoisotopic (exact) mass is 265 g/mol. The van der Waals surface area contributed by atoms with Crippen molar-refractivity contribution in [3.63, 3.8) is 0 Å². The topological polar surface area (TPSA) is 0 Å². The number of hydrogen-bond acceptors (Lipinski definition) is 0. The second-order valence-electron chi connectivity index (χ2n) is 7.54. The molecule has 2 aromatic carbocycles. The van der Waals surface area contributed by atoms with Gasteiger partial charge in [-0.15, -0.1) is 0 Å². The highest BCUT2D eigenvalue weighted by atomic mass is 14.2. The van der Waals surface area contributed by atoms with E-state index in [2.05, 4.69) is 84.0 Å². The van der Waals surface area contributed by atoms with Gasteiger partial charge < -0.3 is 0 Å². The van der Waals surface area contributed by atoms with Crippen molar-refractivity contribution in [2.75, 3.05) is 0 Å². The van der Waals surface area contributed by atoms with Crippen molar-refractivity contribution in [2.45, 2.75) is 52.4 Å². The Hall–Kier alpha value is -1.56. The fourth-order valence-electron chi connectivity index (χ4n) is 2.45. The van der Waals surface area contributed by atoms with Crippen molar-refractivity contribution in [2.24, 2.45) is 0 Å². The third-order valence-corrected chi connectivity index (χ3v) is 3.65. The zero-order chi connectivity index (χ0) is 15.0. The molecule has 0 heteroatoms. The zero-order valence-electron chi connectivity index (χ0n) is 13.5. The summed E-state index contributed by atoms with van der Waals surface area (Å²) < 4.78 is 0. The SMILES string of the molecule is CC(C)(C)c1cccc(-c2ccc[c]c2C(C)(C)C)c1. The van der Waals surface area contributed by atoms with Crippen molar-refractivity contribution >= 4 is 0 Å². The predicted octanol–water partition coefficient (Wildman–Crippen LogP) is 5.75. The molecule has 0 fully saturated rings. The van der Waals surface area contributed by atoms with Gasteiger partial charge in [-0.1, -0.05) is 84.0 Å². The van der Waals surface area contributed by atoms with Gasteiger partial charge in [0.2, 0.25) is 0 Å². The Kier molecular flexibility index (Phi) is 3.77. The standard InChI is InChI=1S/C20H25/c1-19(2,3)16-11-9-10-15(14-16)17-12-7-8-13-18(17)20(4,5)6/h7-12,14H,1-6H3. The minimum Gasteiger partial charge on any atom is -0.0614 e. The first-order chi connectivity index (χ1) is 9.19. The normalized spacial score (nSPS) is 12.5. The molecule has 0 aliphatic heterocycles. The molecule has 0 unspecified atom stereocenters. The highest BCUT2D eigenvalue weighted by Crippen LogP contribution is 2.34. The molecule has 2 rings (SSSR count). The Balaban J connectivity index is 2.59. The lowest BCUT2D eigenvalue weighted by Crippen LogP contribution is -2.13. The van der Waals surface area contributed by atoms with E-state index >= 15 is 0 Å². The first-order valence-corrected chi connectivity index (χ1v) is 7.32. The van der Waals surface area contributed by atoms with Crippen molar-refractivity contribution in [3.05, 3.63) is 59.7 Å². The number of rotatable bonds is 1. The third-order valence-electron chi connectivity index (χ3n) is 3.65. The lowest BCUT2D eigenvalue weighted by molar-refractivity contribution is 0.588.